The zero-order valence-corrected chi connectivity index (χ0v) is 8.56. The van der Waals surface area contributed by atoms with Crippen LogP contribution in [0.15, 0.2) is 12.3 Å². The van der Waals surface area contributed by atoms with Gasteiger partial charge in [-0.1, -0.05) is 35.0 Å². The predicted molar refractivity (Wildman–Crippen MR) is 54.9 cm³/mol. The molecule has 0 saturated carbocycles. The van der Waals surface area contributed by atoms with Crippen LogP contribution < -0.4 is 5.73 Å². The molecule has 3 nitrogen and oxygen atoms in total. The first kappa shape index (κ1) is 10.8. The van der Waals surface area contributed by atoms with E-state index >= 15 is 0 Å². The number of hydrogen-bond donors (Lipinski definition) is 1. The maximum atomic E-state index is 10.4. The monoisotopic (exact) mass is 228 g/mol. The highest BCUT2D eigenvalue weighted by Crippen LogP contribution is 2.20. The van der Waals surface area contributed by atoms with Crippen molar-refractivity contribution in [2.75, 3.05) is 0 Å². The smallest absolute Gasteiger partial charge is 0.229 e. The molecule has 5 heteroatoms. The lowest BCUT2D eigenvalue weighted by Gasteiger charge is -1.96. The fraction of sp³-hybridized carbons (Fsp3) is 0.111. The average molecular weight is 229 g/mol. The Hall–Kier alpha value is -1.24. The van der Waals surface area contributed by atoms with Crippen molar-refractivity contribution in [3.05, 3.63) is 28.0 Å². The number of amides is 1. The topological polar surface area (TPSA) is 56.0 Å². The highest BCUT2D eigenvalue weighted by atomic mass is 35.5. The van der Waals surface area contributed by atoms with Crippen molar-refractivity contribution in [1.29, 1.82) is 0 Å². The third kappa shape index (κ3) is 2.91. The molecule has 0 aromatic carbocycles. The molecule has 1 amide bonds. The lowest BCUT2D eigenvalue weighted by Crippen LogP contribution is -2.08. The Morgan fingerprint density at radius 2 is 2.29 bits per heavy atom. The number of carbonyl (C=O) groups is 1. The van der Waals surface area contributed by atoms with E-state index in [0.29, 0.717) is 10.6 Å². The molecule has 0 atom stereocenters. The largest absolute Gasteiger partial charge is 0.369 e. The van der Waals surface area contributed by atoms with E-state index in [1.54, 1.807) is 6.07 Å². The first-order valence-corrected chi connectivity index (χ1v) is 4.44. The Morgan fingerprint density at radius 3 is 2.86 bits per heavy atom. The lowest BCUT2D eigenvalue weighted by molar-refractivity contribution is -0.117. The van der Waals surface area contributed by atoms with E-state index in [4.69, 9.17) is 28.9 Å². The van der Waals surface area contributed by atoms with Gasteiger partial charge in [-0.15, -0.1) is 0 Å². The second-order valence-electron chi connectivity index (χ2n) is 2.40. The fourth-order valence-corrected chi connectivity index (χ4v) is 1.19. The first-order valence-electron chi connectivity index (χ1n) is 3.68. The van der Waals surface area contributed by atoms with E-state index in [2.05, 4.69) is 16.8 Å². The van der Waals surface area contributed by atoms with Gasteiger partial charge in [0.15, 0.2) is 0 Å². The number of rotatable bonds is 1. The summed E-state index contributed by atoms with van der Waals surface area (Å²) in [4.78, 5) is 14.2. The summed E-state index contributed by atoms with van der Waals surface area (Å²) in [5.41, 5.74) is 5.32. The summed E-state index contributed by atoms with van der Waals surface area (Å²) < 4.78 is 0. The van der Waals surface area contributed by atoms with Gasteiger partial charge in [0.25, 0.3) is 0 Å². The van der Waals surface area contributed by atoms with Gasteiger partial charge in [0.05, 0.1) is 17.0 Å². The van der Waals surface area contributed by atoms with Crippen LogP contribution in [0.25, 0.3) is 0 Å². The molecule has 0 unspecified atom stereocenters. The van der Waals surface area contributed by atoms with E-state index in [9.17, 15) is 4.79 Å². The molecule has 0 aliphatic rings. The van der Waals surface area contributed by atoms with Crippen LogP contribution in [-0.4, -0.2) is 10.9 Å². The zero-order valence-electron chi connectivity index (χ0n) is 7.05. The summed E-state index contributed by atoms with van der Waals surface area (Å²) in [6, 6.07) is 1.57. The second-order valence-corrected chi connectivity index (χ2v) is 3.17. The van der Waals surface area contributed by atoms with Crippen molar-refractivity contribution >= 4 is 29.1 Å². The normalized spacial score (nSPS) is 9.00. The van der Waals surface area contributed by atoms with Crippen LogP contribution in [0, 0.1) is 11.8 Å². The van der Waals surface area contributed by atoms with Crippen molar-refractivity contribution in [3.8, 4) is 11.8 Å². The fourth-order valence-electron chi connectivity index (χ4n) is 0.746. The van der Waals surface area contributed by atoms with Crippen LogP contribution in [-0.2, 0) is 4.79 Å². The van der Waals surface area contributed by atoms with Crippen molar-refractivity contribution in [2.24, 2.45) is 5.73 Å². The molecule has 1 aromatic heterocycles. The van der Waals surface area contributed by atoms with Gasteiger partial charge in [0.2, 0.25) is 5.91 Å². The van der Waals surface area contributed by atoms with E-state index in [1.807, 2.05) is 0 Å². The Balaban J connectivity index is 2.94. The summed E-state index contributed by atoms with van der Waals surface area (Å²) >= 11 is 11.5. The number of carbonyl (C=O) groups excluding carboxylic acids is 1. The predicted octanol–water partition coefficient (Wildman–Crippen LogP) is 1.62. The van der Waals surface area contributed by atoms with Gasteiger partial charge < -0.3 is 5.73 Å². The molecule has 1 aromatic rings. The van der Waals surface area contributed by atoms with E-state index in [-0.39, 0.29) is 11.6 Å². The average Bonchev–Trinajstić information content (AvgIpc) is 2.09. The van der Waals surface area contributed by atoms with Crippen molar-refractivity contribution in [1.82, 2.24) is 4.98 Å². The Bertz CT molecular complexity index is 400. The van der Waals surface area contributed by atoms with Gasteiger partial charge >= 0.3 is 0 Å². The summed E-state index contributed by atoms with van der Waals surface area (Å²) in [6.45, 7) is 0. The van der Waals surface area contributed by atoms with Crippen LogP contribution in [0.5, 0.6) is 0 Å². The highest BCUT2D eigenvalue weighted by Gasteiger charge is 2.02. The molecular formula is C9H6Cl2N2O. The lowest BCUT2D eigenvalue weighted by atomic mass is 10.2. The van der Waals surface area contributed by atoms with Crippen LogP contribution in [0.4, 0.5) is 0 Å². The van der Waals surface area contributed by atoms with E-state index < -0.39 is 5.91 Å². The molecule has 0 aliphatic heterocycles. The third-order valence-corrected chi connectivity index (χ3v) is 1.93. The van der Waals surface area contributed by atoms with Crippen molar-refractivity contribution in [3.63, 3.8) is 0 Å². The second kappa shape index (κ2) is 4.85. The minimum absolute atomic E-state index is 0.0262. The molecule has 2 N–H and O–H groups in total. The van der Waals surface area contributed by atoms with Gasteiger partial charge in [0.1, 0.15) is 5.15 Å². The molecule has 0 fully saturated rings. The maximum Gasteiger partial charge on any atom is 0.229 e. The van der Waals surface area contributed by atoms with Crippen LogP contribution in [0.3, 0.4) is 0 Å². The summed E-state index contributed by atoms with van der Waals surface area (Å²) in [7, 11) is 0. The molecule has 0 spiro atoms. The Labute approximate surface area is 91.2 Å². The van der Waals surface area contributed by atoms with Crippen LogP contribution in [0.1, 0.15) is 12.0 Å². The Morgan fingerprint density at radius 1 is 1.57 bits per heavy atom. The number of primary amides is 1. The highest BCUT2D eigenvalue weighted by molar-refractivity contribution is 6.35. The molecule has 0 radical (unpaired) electrons. The third-order valence-electron chi connectivity index (χ3n) is 1.33. The maximum absolute atomic E-state index is 10.4. The molecule has 0 bridgehead atoms. The number of nitrogens with zero attached hydrogens (tertiary/aromatic N) is 1. The summed E-state index contributed by atoms with van der Waals surface area (Å²) in [6.07, 6.45) is 1.45. The number of halogens is 2. The quantitative estimate of drug-likeness (QED) is 0.587. The van der Waals surface area contributed by atoms with Crippen LogP contribution >= 0.6 is 23.2 Å². The van der Waals surface area contributed by atoms with Gasteiger partial charge in [-0.25, -0.2) is 4.98 Å². The molecule has 0 saturated heterocycles. The standard InChI is InChI=1S/C9H6Cl2N2O/c10-7-4-5-13-9(11)6(7)2-1-3-8(12)14/h4-5H,3H2,(H2,12,14). The molecule has 1 rings (SSSR count). The van der Waals surface area contributed by atoms with Gasteiger partial charge in [0, 0.05) is 6.20 Å². The molecule has 14 heavy (non-hydrogen) atoms. The molecule has 72 valence electrons. The van der Waals surface area contributed by atoms with Crippen molar-refractivity contribution < 1.29 is 4.79 Å². The summed E-state index contributed by atoms with van der Waals surface area (Å²) in [5, 5.41) is 0.622. The number of pyridine rings is 1. The van der Waals surface area contributed by atoms with Crippen LogP contribution in [0.2, 0.25) is 10.2 Å². The number of hydrogen-bond acceptors (Lipinski definition) is 2. The first-order chi connectivity index (χ1) is 6.61. The number of nitrogens with two attached hydrogens (primary N) is 1. The minimum atomic E-state index is -0.492. The molecule has 1 heterocycles. The van der Waals surface area contributed by atoms with Gasteiger partial charge in [-0.3, -0.25) is 4.79 Å². The van der Waals surface area contributed by atoms with Gasteiger partial charge in [-0.2, -0.15) is 0 Å². The molecular weight excluding hydrogens is 223 g/mol. The summed E-state index contributed by atoms with van der Waals surface area (Å²) in [5.74, 6) is 4.69. The van der Waals surface area contributed by atoms with Crippen molar-refractivity contribution in [2.45, 2.75) is 6.42 Å². The molecule has 0 aliphatic carbocycles. The number of aromatic nitrogens is 1. The van der Waals surface area contributed by atoms with E-state index in [0.717, 1.165) is 0 Å². The SMILES string of the molecule is NC(=O)CC#Cc1c(Cl)ccnc1Cl. The van der Waals surface area contributed by atoms with E-state index in [1.165, 1.54) is 6.20 Å². The zero-order chi connectivity index (χ0) is 10.6. The Kier molecular flexibility index (Phi) is 3.75. The minimum Gasteiger partial charge on any atom is -0.369 e. The van der Waals surface area contributed by atoms with Gasteiger partial charge in [-0.05, 0) is 6.07 Å².